The molecule has 1 aromatic carbocycles. The summed E-state index contributed by atoms with van der Waals surface area (Å²) in [6.45, 7) is 0.173. The zero-order chi connectivity index (χ0) is 11.5. The van der Waals surface area contributed by atoms with Gasteiger partial charge in [-0.15, -0.1) is 0 Å². The van der Waals surface area contributed by atoms with Gasteiger partial charge in [0.25, 0.3) is 0 Å². The first-order valence-electron chi connectivity index (χ1n) is 4.18. The molecule has 5 N–H and O–H groups in total. The molecule has 15 heavy (non-hydrogen) atoms. The Labute approximate surface area is 93.5 Å². The second-order valence-corrected chi connectivity index (χ2v) is 5.14. The number of para-hydroxylation sites is 1. The van der Waals surface area contributed by atoms with Crippen molar-refractivity contribution in [1.29, 1.82) is 0 Å². The van der Waals surface area contributed by atoms with Crippen LogP contribution in [-0.2, 0) is 10.0 Å². The number of benzene rings is 1. The summed E-state index contributed by atoms with van der Waals surface area (Å²) < 4.78 is 21.3. The zero-order valence-corrected chi connectivity index (χ0v) is 9.48. The number of anilines is 2. The lowest BCUT2D eigenvalue weighted by Gasteiger charge is -2.10. The van der Waals surface area contributed by atoms with Crippen molar-refractivity contribution in [2.75, 3.05) is 23.3 Å². The van der Waals surface area contributed by atoms with E-state index >= 15 is 0 Å². The molecule has 0 aromatic heterocycles. The summed E-state index contributed by atoms with van der Waals surface area (Å²) in [6, 6.07) is 5.05. The summed E-state index contributed by atoms with van der Waals surface area (Å²) in [5.41, 5.74) is 6.64. The molecule has 0 aliphatic rings. The maximum absolute atomic E-state index is 10.7. The number of hydrogen-bond donors (Lipinski definition) is 3. The Kier molecular flexibility index (Phi) is 3.78. The molecule has 5 nitrogen and oxygen atoms in total. The normalized spacial score (nSPS) is 11.3. The van der Waals surface area contributed by atoms with Crippen LogP contribution in [0.25, 0.3) is 0 Å². The fourth-order valence-electron chi connectivity index (χ4n) is 1.05. The maximum atomic E-state index is 10.7. The second kappa shape index (κ2) is 4.69. The van der Waals surface area contributed by atoms with Gasteiger partial charge in [-0.2, -0.15) is 0 Å². The van der Waals surface area contributed by atoms with E-state index in [-0.39, 0.29) is 12.3 Å². The highest BCUT2D eigenvalue weighted by Crippen LogP contribution is 2.27. The lowest BCUT2D eigenvalue weighted by molar-refractivity contribution is 0.598. The third-order valence-electron chi connectivity index (χ3n) is 1.73. The van der Waals surface area contributed by atoms with Crippen molar-refractivity contribution in [3.8, 4) is 0 Å². The fraction of sp³-hybridized carbons (Fsp3) is 0.250. The summed E-state index contributed by atoms with van der Waals surface area (Å²) in [4.78, 5) is 0. The van der Waals surface area contributed by atoms with E-state index in [0.29, 0.717) is 16.4 Å². The van der Waals surface area contributed by atoms with Crippen molar-refractivity contribution in [2.45, 2.75) is 0 Å². The highest BCUT2D eigenvalue weighted by Gasteiger charge is 2.06. The van der Waals surface area contributed by atoms with Crippen molar-refractivity contribution in [1.82, 2.24) is 0 Å². The van der Waals surface area contributed by atoms with Crippen LogP contribution < -0.4 is 16.2 Å². The molecule has 0 bridgehead atoms. The number of rotatable bonds is 4. The molecule has 0 heterocycles. The summed E-state index contributed by atoms with van der Waals surface area (Å²) >= 11 is 5.86. The van der Waals surface area contributed by atoms with Gasteiger partial charge >= 0.3 is 0 Å². The Hall–Kier alpha value is -0.980. The van der Waals surface area contributed by atoms with Gasteiger partial charge in [0.2, 0.25) is 10.0 Å². The van der Waals surface area contributed by atoms with Crippen LogP contribution in [0.5, 0.6) is 0 Å². The summed E-state index contributed by atoms with van der Waals surface area (Å²) in [5, 5.41) is 8.11. The number of nitrogens with two attached hydrogens (primary N) is 2. The van der Waals surface area contributed by atoms with Crippen LogP contribution in [0.3, 0.4) is 0 Å². The van der Waals surface area contributed by atoms with Gasteiger partial charge in [0, 0.05) is 6.54 Å². The zero-order valence-electron chi connectivity index (χ0n) is 7.90. The number of nitrogens with one attached hydrogen (secondary N) is 1. The Balaban J connectivity index is 2.66. The first-order valence-corrected chi connectivity index (χ1v) is 6.28. The third-order valence-corrected chi connectivity index (χ3v) is 2.82. The Morgan fingerprint density at radius 3 is 2.60 bits per heavy atom. The van der Waals surface area contributed by atoms with Gasteiger partial charge in [-0.05, 0) is 12.1 Å². The van der Waals surface area contributed by atoms with Crippen LogP contribution in [0.2, 0.25) is 5.02 Å². The van der Waals surface area contributed by atoms with Crippen molar-refractivity contribution in [3.63, 3.8) is 0 Å². The number of sulfonamides is 1. The van der Waals surface area contributed by atoms with Crippen LogP contribution in [0.4, 0.5) is 11.4 Å². The second-order valence-electron chi connectivity index (χ2n) is 3.00. The van der Waals surface area contributed by atoms with Gasteiger partial charge in [-0.3, -0.25) is 0 Å². The van der Waals surface area contributed by atoms with E-state index in [0.717, 1.165) is 0 Å². The van der Waals surface area contributed by atoms with Crippen LogP contribution in [0.1, 0.15) is 0 Å². The minimum absolute atomic E-state index is 0.169. The largest absolute Gasteiger partial charge is 0.397 e. The van der Waals surface area contributed by atoms with Gasteiger partial charge in [-0.25, -0.2) is 13.6 Å². The molecule has 0 aliphatic heterocycles. The molecule has 0 aliphatic carbocycles. The summed E-state index contributed by atoms with van der Waals surface area (Å²) in [6.07, 6.45) is 0. The first-order chi connectivity index (χ1) is 6.90. The van der Waals surface area contributed by atoms with E-state index in [1.165, 1.54) is 0 Å². The molecule has 0 saturated heterocycles. The number of primary sulfonamides is 1. The number of halogens is 1. The molecule has 0 unspecified atom stereocenters. The minimum atomic E-state index is -3.47. The van der Waals surface area contributed by atoms with Crippen molar-refractivity contribution in [2.24, 2.45) is 5.14 Å². The van der Waals surface area contributed by atoms with Crippen LogP contribution >= 0.6 is 11.6 Å². The maximum Gasteiger partial charge on any atom is 0.210 e. The van der Waals surface area contributed by atoms with Crippen molar-refractivity contribution >= 4 is 33.0 Å². The Morgan fingerprint density at radius 2 is 2.07 bits per heavy atom. The van der Waals surface area contributed by atoms with E-state index < -0.39 is 10.0 Å². The summed E-state index contributed by atoms with van der Waals surface area (Å²) in [5.74, 6) is -0.169. The molecule has 1 rings (SSSR count). The molecule has 0 amide bonds. The predicted octanol–water partition coefficient (Wildman–Crippen LogP) is 0.623. The van der Waals surface area contributed by atoms with Crippen molar-refractivity contribution in [3.05, 3.63) is 23.2 Å². The average Bonchev–Trinajstić information content (AvgIpc) is 2.08. The lowest BCUT2D eigenvalue weighted by Crippen LogP contribution is -2.22. The van der Waals surface area contributed by atoms with Gasteiger partial charge in [0.15, 0.2) is 0 Å². The van der Waals surface area contributed by atoms with Gasteiger partial charge in [-0.1, -0.05) is 17.7 Å². The predicted molar refractivity (Wildman–Crippen MR) is 62.3 cm³/mol. The molecule has 7 heteroatoms. The molecule has 0 fully saturated rings. The van der Waals surface area contributed by atoms with E-state index in [2.05, 4.69) is 5.32 Å². The van der Waals surface area contributed by atoms with E-state index in [4.69, 9.17) is 22.5 Å². The molecule has 0 radical (unpaired) electrons. The highest BCUT2D eigenvalue weighted by molar-refractivity contribution is 7.89. The van der Waals surface area contributed by atoms with E-state index in [1.54, 1.807) is 18.2 Å². The molecular formula is C8H12ClN3O2S. The van der Waals surface area contributed by atoms with Gasteiger partial charge in [0.1, 0.15) is 0 Å². The Morgan fingerprint density at radius 1 is 1.40 bits per heavy atom. The number of nitrogen functional groups attached to an aromatic ring is 1. The first kappa shape index (κ1) is 12.1. The standard InChI is InChI=1S/C8H12ClN3O2S/c9-6-2-1-3-7(10)8(6)12-4-5-15(11,13)14/h1-3,12H,4-5,10H2,(H2,11,13,14). The van der Waals surface area contributed by atoms with Gasteiger partial charge in [0.05, 0.1) is 22.2 Å². The van der Waals surface area contributed by atoms with Crippen LogP contribution in [0, 0.1) is 0 Å². The molecule has 0 saturated carbocycles. The topological polar surface area (TPSA) is 98.2 Å². The van der Waals surface area contributed by atoms with Gasteiger partial charge < -0.3 is 11.1 Å². The van der Waals surface area contributed by atoms with E-state index in [1.807, 2.05) is 0 Å². The fourth-order valence-corrected chi connectivity index (χ4v) is 1.68. The van der Waals surface area contributed by atoms with Crippen LogP contribution in [-0.4, -0.2) is 20.7 Å². The summed E-state index contributed by atoms with van der Waals surface area (Å²) in [7, 11) is -3.47. The molecule has 84 valence electrons. The SMILES string of the molecule is Nc1cccc(Cl)c1NCCS(N)(=O)=O. The lowest BCUT2D eigenvalue weighted by atomic mass is 10.2. The molecule has 1 aromatic rings. The Bertz CT molecular complexity index is 427. The van der Waals surface area contributed by atoms with E-state index in [9.17, 15) is 8.42 Å². The van der Waals surface area contributed by atoms with Crippen molar-refractivity contribution < 1.29 is 8.42 Å². The third kappa shape index (κ3) is 3.94. The number of hydrogen-bond acceptors (Lipinski definition) is 4. The highest BCUT2D eigenvalue weighted by atomic mass is 35.5. The molecular weight excluding hydrogens is 238 g/mol. The minimum Gasteiger partial charge on any atom is -0.397 e. The van der Waals surface area contributed by atoms with Crippen LogP contribution in [0.15, 0.2) is 18.2 Å². The molecule has 0 spiro atoms. The quantitative estimate of drug-likeness (QED) is 0.682. The molecule has 0 atom stereocenters. The smallest absolute Gasteiger partial charge is 0.210 e. The average molecular weight is 250 g/mol. The monoisotopic (exact) mass is 249 g/mol.